The number of amides is 1. The minimum Gasteiger partial charge on any atom is -0.370 e. The third kappa shape index (κ3) is 5.04. The van der Waals surface area contributed by atoms with Crippen molar-refractivity contribution >= 4 is 40.5 Å². The van der Waals surface area contributed by atoms with Crippen molar-refractivity contribution in [1.82, 2.24) is 4.90 Å². The van der Waals surface area contributed by atoms with Crippen LogP contribution in [-0.2, 0) is 0 Å². The lowest BCUT2D eigenvalue weighted by molar-refractivity contribution is 0.102. The molecule has 3 aromatic carbocycles. The van der Waals surface area contributed by atoms with Crippen molar-refractivity contribution < 1.29 is 4.79 Å². The van der Waals surface area contributed by atoms with Gasteiger partial charge < -0.3 is 15.1 Å². The number of benzene rings is 3. The van der Waals surface area contributed by atoms with Crippen LogP contribution in [0.15, 0.2) is 66.7 Å². The second-order valence-corrected chi connectivity index (χ2v) is 8.87. The largest absolute Gasteiger partial charge is 0.370 e. The van der Waals surface area contributed by atoms with Crippen LogP contribution in [0.4, 0.5) is 11.4 Å². The molecule has 1 heterocycles. The van der Waals surface area contributed by atoms with Gasteiger partial charge in [0.05, 0.1) is 10.0 Å². The zero-order valence-electron chi connectivity index (χ0n) is 17.6. The summed E-state index contributed by atoms with van der Waals surface area (Å²) in [7, 11) is 4.26. The summed E-state index contributed by atoms with van der Waals surface area (Å²) in [5.41, 5.74) is 4.50. The van der Waals surface area contributed by atoms with E-state index in [-0.39, 0.29) is 5.91 Å². The lowest BCUT2D eigenvalue weighted by Gasteiger charge is -2.22. The average molecular weight is 454 g/mol. The zero-order valence-corrected chi connectivity index (χ0v) is 19.1. The van der Waals surface area contributed by atoms with E-state index in [4.69, 9.17) is 23.2 Å². The fourth-order valence-corrected chi connectivity index (χ4v) is 4.14. The van der Waals surface area contributed by atoms with E-state index >= 15 is 0 Å². The molecule has 0 aromatic heterocycles. The third-order valence-electron chi connectivity index (χ3n) is 5.78. The quantitative estimate of drug-likeness (QED) is 0.510. The number of anilines is 2. The van der Waals surface area contributed by atoms with E-state index in [0.29, 0.717) is 21.7 Å². The molecule has 1 unspecified atom stereocenters. The van der Waals surface area contributed by atoms with Crippen LogP contribution in [0.2, 0.25) is 10.0 Å². The highest BCUT2D eigenvalue weighted by molar-refractivity contribution is 6.42. The van der Waals surface area contributed by atoms with Gasteiger partial charge in [-0.3, -0.25) is 4.79 Å². The van der Waals surface area contributed by atoms with Gasteiger partial charge in [-0.05, 0) is 80.2 Å². The Hall–Kier alpha value is -2.53. The molecular formula is C25H25Cl2N3O. The Morgan fingerprint density at radius 1 is 0.935 bits per heavy atom. The highest BCUT2D eigenvalue weighted by Crippen LogP contribution is 2.29. The number of carbonyl (C=O) groups is 1. The van der Waals surface area contributed by atoms with E-state index in [0.717, 1.165) is 29.9 Å². The Balaban J connectivity index is 1.39. The lowest BCUT2D eigenvalue weighted by Crippen LogP contribution is -2.31. The Morgan fingerprint density at radius 3 is 2.23 bits per heavy atom. The molecule has 1 saturated heterocycles. The normalized spacial score (nSPS) is 16.0. The molecule has 160 valence electrons. The van der Waals surface area contributed by atoms with Crippen LogP contribution in [0.3, 0.4) is 0 Å². The summed E-state index contributed by atoms with van der Waals surface area (Å²) in [5.74, 6) is -0.137. The van der Waals surface area contributed by atoms with Gasteiger partial charge in [-0.25, -0.2) is 0 Å². The van der Waals surface area contributed by atoms with Crippen LogP contribution < -0.4 is 10.2 Å². The highest BCUT2D eigenvalue weighted by atomic mass is 35.5. The standard InChI is InChI=1S/C25H25Cl2N3O/c1-29(2)22-13-14-30(16-22)21-10-8-20(9-11-21)28-25(31)18-5-3-17(4-6-18)19-7-12-23(26)24(27)15-19/h3-12,15,22H,13-14,16H2,1-2H3,(H,28,31). The van der Waals surface area contributed by atoms with E-state index < -0.39 is 0 Å². The maximum absolute atomic E-state index is 12.7. The first-order valence-corrected chi connectivity index (χ1v) is 11.0. The maximum Gasteiger partial charge on any atom is 0.255 e. The molecule has 3 aromatic rings. The minimum atomic E-state index is -0.137. The fourth-order valence-electron chi connectivity index (χ4n) is 3.85. The second-order valence-electron chi connectivity index (χ2n) is 8.06. The molecule has 0 saturated carbocycles. The predicted molar refractivity (Wildman–Crippen MR) is 131 cm³/mol. The summed E-state index contributed by atoms with van der Waals surface area (Å²) in [6.07, 6.45) is 1.17. The van der Waals surface area contributed by atoms with Crippen molar-refractivity contribution in [2.75, 3.05) is 37.4 Å². The van der Waals surface area contributed by atoms with E-state index in [1.54, 1.807) is 6.07 Å². The Labute approximate surface area is 193 Å². The maximum atomic E-state index is 12.7. The van der Waals surface area contributed by atoms with Gasteiger partial charge in [0.1, 0.15) is 0 Å². The average Bonchev–Trinajstić information content (AvgIpc) is 3.27. The summed E-state index contributed by atoms with van der Waals surface area (Å²) in [6, 6.07) is 21.6. The topological polar surface area (TPSA) is 35.6 Å². The molecule has 0 aliphatic carbocycles. The number of hydrogen-bond donors (Lipinski definition) is 1. The molecule has 1 atom stereocenters. The van der Waals surface area contributed by atoms with E-state index in [1.165, 1.54) is 12.1 Å². The minimum absolute atomic E-state index is 0.137. The summed E-state index contributed by atoms with van der Waals surface area (Å²) in [4.78, 5) is 17.3. The van der Waals surface area contributed by atoms with Gasteiger partial charge in [0.25, 0.3) is 5.91 Å². The van der Waals surface area contributed by atoms with Crippen molar-refractivity contribution in [3.8, 4) is 11.1 Å². The second kappa shape index (κ2) is 9.31. The molecule has 1 aliphatic rings. The van der Waals surface area contributed by atoms with E-state index in [2.05, 4.69) is 41.3 Å². The summed E-state index contributed by atoms with van der Waals surface area (Å²) < 4.78 is 0. The van der Waals surface area contributed by atoms with Gasteiger partial charge in [-0.2, -0.15) is 0 Å². The number of carbonyl (C=O) groups excluding carboxylic acids is 1. The zero-order chi connectivity index (χ0) is 22.0. The molecule has 0 spiro atoms. The van der Waals surface area contributed by atoms with Gasteiger partial charge in [-0.15, -0.1) is 0 Å². The van der Waals surface area contributed by atoms with Crippen molar-refractivity contribution in [2.24, 2.45) is 0 Å². The predicted octanol–water partition coefficient (Wildman–Crippen LogP) is 6.05. The van der Waals surface area contributed by atoms with Gasteiger partial charge in [0, 0.05) is 36.1 Å². The number of likely N-dealkylation sites (N-methyl/N-ethyl adjacent to an activating group) is 1. The van der Waals surface area contributed by atoms with E-state index in [9.17, 15) is 4.79 Å². The Bertz CT molecular complexity index is 1070. The molecule has 1 fully saturated rings. The molecular weight excluding hydrogens is 429 g/mol. The van der Waals surface area contributed by atoms with Crippen molar-refractivity contribution in [3.63, 3.8) is 0 Å². The molecule has 6 heteroatoms. The first-order chi connectivity index (χ1) is 14.9. The molecule has 0 bridgehead atoms. The SMILES string of the molecule is CN(C)C1CCN(c2ccc(NC(=O)c3ccc(-c4ccc(Cl)c(Cl)c4)cc3)cc2)C1. The first-order valence-electron chi connectivity index (χ1n) is 10.3. The highest BCUT2D eigenvalue weighted by Gasteiger charge is 2.24. The van der Waals surface area contributed by atoms with Crippen molar-refractivity contribution in [2.45, 2.75) is 12.5 Å². The molecule has 1 N–H and O–H groups in total. The number of hydrogen-bond acceptors (Lipinski definition) is 3. The third-order valence-corrected chi connectivity index (χ3v) is 6.52. The van der Waals surface area contributed by atoms with Crippen LogP contribution in [0, 0.1) is 0 Å². The van der Waals surface area contributed by atoms with Crippen LogP contribution >= 0.6 is 23.2 Å². The van der Waals surface area contributed by atoms with Gasteiger partial charge in [0.2, 0.25) is 0 Å². The number of halogens is 2. The molecule has 1 amide bonds. The monoisotopic (exact) mass is 453 g/mol. The fraction of sp³-hybridized carbons (Fsp3) is 0.240. The van der Waals surface area contributed by atoms with Crippen LogP contribution in [0.5, 0.6) is 0 Å². The van der Waals surface area contributed by atoms with Crippen molar-refractivity contribution in [3.05, 3.63) is 82.3 Å². The smallest absolute Gasteiger partial charge is 0.255 e. The van der Waals surface area contributed by atoms with Gasteiger partial charge >= 0.3 is 0 Å². The van der Waals surface area contributed by atoms with Crippen LogP contribution in [0.25, 0.3) is 11.1 Å². The summed E-state index contributed by atoms with van der Waals surface area (Å²) >= 11 is 12.1. The van der Waals surface area contributed by atoms with E-state index in [1.807, 2.05) is 48.5 Å². The van der Waals surface area contributed by atoms with Crippen molar-refractivity contribution in [1.29, 1.82) is 0 Å². The molecule has 4 rings (SSSR count). The van der Waals surface area contributed by atoms with Gasteiger partial charge in [-0.1, -0.05) is 41.4 Å². The lowest BCUT2D eigenvalue weighted by atomic mass is 10.0. The van der Waals surface area contributed by atoms with Crippen LogP contribution in [-0.4, -0.2) is 44.0 Å². The molecule has 0 radical (unpaired) electrons. The first kappa shape index (κ1) is 21.7. The molecule has 1 aliphatic heterocycles. The van der Waals surface area contributed by atoms with Crippen LogP contribution in [0.1, 0.15) is 16.8 Å². The van der Waals surface area contributed by atoms with Gasteiger partial charge in [0.15, 0.2) is 0 Å². The Morgan fingerprint density at radius 2 is 1.61 bits per heavy atom. The Kier molecular flexibility index (Phi) is 6.51. The number of nitrogens with one attached hydrogen (secondary N) is 1. The number of nitrogens with zero attached hydrogens (tertiary/aromatic N) is 2. The number of rotatable bonds is 5. The molecule has 31 heavy (non-hydrogen) atoms. The summed E-state index contributed by atoms with van der Waals surface area (Å²) in [5, 5.41) is 4.01. The molecule has 4 nitrogen and oxygen atoms in total. The summed E-state index contributed by atoms with van der Waals surface area (Å²) in [6.45, 7) is 2.09.